The molecule has 102 valence electrons. The summed E-state index contributed by atoms with van der Waals surface area (Å²) in [7, 11) is 0. The zero-order chi connectivity index (χ0) is 14.1. The maximum Gasteiger partial charge on any atom is 0.258 e. The predicted molar refractivity (Wildman–Crippen MR) is 78.0 cm³/mol. The van der Waals surface area contributed by atoms with E-state index in [-0.39, 0.29) is 10.6 Å². The molecule has 2 aromatic carbocycles. The first kappa shape index (κ1) is 12.9. The van der Waals surface area contributed by atoms with Crippen molar-refractivity contribution in [3.63, 3.8) is 0 Å². The van der Waals surface area contributed by atoms with E-state index in [2.05, 4.69) is 10.6 Å². The predicted octanol–water partition coefficient (Wildman–Crippen LogP) is 3.70. The van der Waals surface area contributed by atoms with Gasteiger partial charge in [0, 0.05) is 17.9 Å². The van der Waals surface area contributed by atoms with E-state index in [1.165, 1.54) is 12.1 Å². The van der Waals surface area contributed by atoms with Gasteiger partial charge in [0.2, 0.25) is 0 Å². The molecule has 0 bridgehead atoms. The molecular formula is C15H12ClFN2O. The number of hydrogen-bond acceptors (Lipinski definition) is 2. The lowest BCUT2D eigenvalue weighted by Crippen LogP contribution is -2.14. The van der Waals surface area contributed by atoms with E-state index in [1.807, 2.05) is 12.1 Å². The van der Waals surface area contributed by atoms with Crippen LogP contribution in [0.3, 0.4) is 0 Å². The Morgan fingerprint density at radius 2 is 2.15 bits per heavy atom. The number of nitrogens with one attached hydrogen (secondary N) is 2. The van der Waals surface area contributed by atoms with E-state index >= 15 is 0 Å². The third kappa shape index (κ3) is 2.34. The van der Waals surface area contributed by atoms with E-state index in [4.69, 9.17) is 11.6 Å². The molecule has 1 aliphatic rings. The fourth-order valence-electron chi connectivity index (χ4n) is 2.26. The van der Waals surface area contributed by atoms with Gasteiger partial charge in [-0.1, -0.05) is 17.7 Å². The van der Waals surface area contributed by atoms with Crippen molar-refractivity contribution in [2.24, 2.45) is 0 Å². The topological polar surface area (TPSA) is 41.1 Å². The number of carbonyl (C=O) groups is 1. The van der Waals surface area contributed by atoms with Crippen LogP contribution in [-0.2, 0) is 6.42 Å². The molecule has 0 aliphatic carbocycles. The Kier molecular flexibility index (Phi) is 3.32. The molecule has 0 radical (unpaired) electrons. The highest BCUT2D eigenvalue weighted by molar-refractivity contribution is 6.31. The van der Waals surface area contributed by atoms with Gasteiger partial charge in [0.1, 0.15) is 0 Å². The minimum atomic E-state index is -0.700. The summed E-state index contributed by atoms with van der Waals surface area (Å²) in [6.07, 6.45) is 0.921. The third-order valence-electron chi connectivity index (χ3n) is 3.27. The van der Waals surface area contributed by atoms with E-state index in [9.17, 15) is 9.18 Å². The molecule has 0 saturated carbocycles. The molecule has 0 saturated heterocycles. The first-order valence-electron chi connectivity index (χ1n) is 6.27. The van der Waals surface area contributed by atoms with Gasteiger partial charge in [0.15, 0.2) is 5.82 Å². The lowest BCUT2D eigenvalue weighted by atomic mass is 10.1. The molecule has 1 amide bonds. The molecule has 0 spiro atoms. The molecule has 5 heteroatoms. The highest BCUT2D eigenvalue weighted by Gasteiger charge is 2.15. The summed E-state index contributed by atoms with van der Waals surface area (Å²) in [6, 6.07) is 9.96. The third-order valence-corrected chi connectivity index (χ3v) is 3.56. The zero-order valence-corrected chi connectivity index (χ0v) is 11.3. The largest absolute Gasteiger partial charge is 0.384 e. The normalized spacial score (nSPS) is 12.7. The molecule has 0 fully saturated rings. The molecule has 1 aliphatic heterocycles. The van der Waals surface area contributed by atoms with E-state index in [0.717, 1.165) is 24.2 Å². The van der Waals surface area contributed by atoms with Crippen LogP contribution in [0, 0.1) is 5.82 Å². The average Bonchev–Trinajstić information content (AvgIpc) is 2.89. The van der Waals surface area contributed by atoms with E-state index < -0.39 is 11.7 Å². The number of fused-ring (bicyclic) bond motifs is 1. The lowest BCUT2D eigenvalue weighted by molar-refractivity contribution is 0.102. The van der Waals surface area contributed by atoms with Gasteiger partial charge in [0.05, 0.1) is 10.6 Å². The first-order valence-corrected chi connectivity index (χ1v) is 6.65. The summed E-state index contributed by atoms with van der Waals surface area (Å²) < 4.78 is 13.8. The minimum absolute atomic E-state index is 0.0591. The SMILES string of the molecule is O=C(Nc1ccc2c(c1)CCN2)c1cccc(Cl)c1F. The van der Waals surface area contributed by atoms with Crippen molar-refractivity contribution in [3.8, 4) is 0 Å². The number of carbonyl (C=O) groups excluding carboxylic acids is 1. The van der Waals surface area contributed by atoms with Crippen LogP contribution in [0.15, 0.2) is 36.4 Å². The molecule has 0 aromatic heterocycles. The Labute approximate surface area is 120 Å². The van der Waals surface area contributed by atoms with Gasteiger partial charge in [-0.2, -0.15) is 0 Å². The van der Waals surface area contributed by atoms with Crippen molar-refractivity contribution < 1.29 is 9.18 Å². The summed E-state index contributed by atoms with van der Waals surface area (Å²) in [6.45, 7) is 0.898. The molecular weight excluding hydrogens is 279 g/mol. The van der Waals surface area contributed by atoms with Crippen LogP contribution in [0.25, 0.3) is 0 Å². The fraction of sp³-hybridized carbons (Fsp3) is 0.133. The van der Waals surface area contributed by atoms with Crippen molar-refractivity contribution in [1.29, 1.82) is 0 Å². The van der Waals surface area contributed by atoms with Crippen LogP contribution in [0.5, 0.6) is 0 Å². The summed E-state index contributed by atoms with van der Waals surface area (Å²) in [5, 5.41) is 5.87. The average molecular weight is 291 g/mol. The second kappa shape index (κ2) is 5.13. The monoisotopic (exact) mass is 290 g/mol. The van der Waals surface area contributed by atoms with Gasteiger partial charge >= 0.3 is 0 Å². The summed E-state index contributed by atoms with van der Waals surface area (Å²) in [5.41, 5.74) is 2.82. The molecule has 3 rings (SSSR count). The second-order valence-corrected chi connectivity index (χ2v) is 5.01. The Morgan fingerprint density at radius 1 is 1.30 bits per heavy atom. The van der Waals surface area contributed by atoms with Crippen LogP contribution < -0.4 is 10.6 Å². The van der Waals surface area contributed by atoms with Crippen LogP contribution in [0.1, 0.15) is 15.9 Å². The standard InChI is InChI=1S/C15H12ClFN2O/c16-12-3-1-2-11(14(12)17)15(20)19-10-4-5-13-9(8-10)6-7-18-13/h1-5,8,18H,6-7H2,(H,19,20). The fourth-order valence-corrected chi connectivity index (χ4v) is 2.43. The van der Waals surface area contributed by atoms with E-state index in [0.29, 0.717) is 5.69 Å². The zero-order valence-electron chi connectivity index (χ0n) is 10.5. The molecule has 3 nitrogen and oxygen atoms in total. The van der Waals surface area contributed by atoms with Gasteiger partial charge in [-0.25, -0.2) is 4.39 Å². The molecule has 2 aromatic rings. The summed E-state index contributed by atoms with van der Waals surface area (Å²) >= 11 is 5.67. The maximum atomic E-state index is 13.8. The highest BCUT2D eigenvalue weighted by Crippen LogP contribution is 2.26. The lowest BCUT2D eigenvalue weighted by Gasteiger charge is -2.08. The van der Waals surface area contributed by atoms with Crippen LogP contribution >= 0.6 is 11.6 Å². The van der Waals surface area contributed by atoms with Gasteiger partial charge < -0.3 is 10.6 Å². The quantitative estimate of drug-likeness (QED) is 0.885. The van der Waals surface area contributed by atoms with Crippen molar-refractivity contribution in [3.05, 3.63) is 58.4 Å². The van der Waals surface area contributed by atoms with Crippen LogP contribution in [0.4, 0.5) is 15.8 Å². The summed E-state index contributed by atoms with van der Waals surface area (Å²) in [4.78, 5) is 12.1. The Balaban J connectivity index is 1.84. The summed E-state index contributed by atoms with van der Waals surface area (Å²) in [5.74, 6) is -1.20. The number of amides is 1. The van der Waals surface area contributed by atoms with Crippen molar-refractivity contribution in [2.75, 3.05) is 17.2 Å². The van der Waals surface area contributed by atoms with Crippen molar-refractivity contribution >= 4 is 28.9 Å². The van der Waals surface area contributed by atoms with Gasteiger partial charge in [-0.15, -0.1) is 0 Å². The maximum absolute atomic E-state index is 13.8. The van der Waals surface area contributed by atoms with Crippen LogP contribution in [-0.4, -0.2) is 12.5 Å². The first-order chi connectivity index (χ1) is 9.65. The molecule has 2 N–H and O–H groups in total. The van der Waals surface area contributed by atoms with Crippen molar-refractivity contribution in [1.82, 2.24) is 0 Å². The number of anilines is 2. The molecule has 20 heavy (non-hydrogen) atoms. The number of hydrogen-bond donors (Lipinski definition) is 2. The Bertz CT molecular complexity index is 688. The van der Waals surface area contributed by atoms with E-state index in [1.54, 1.807) is 12.1 Å². The number of halogens is 2. The van der Waals surface area contributed by atoms with Gasteiger partial charge in [-0.3, -0.25) is 4.79 Å². The highest BCUT2D eigenvalue weighted by atomic mass is 35.5. The van der Waals surface area contributed by atoms with Gasteiger partial charge in [-0.05, 0) is 42.3 Å². The van der Waals surface area contributed by atoms with Gasteiger partial charge in [0.25, 0.3) is 5.91 Å². The minimum Gasteiger partial charge on any atom is -0.384 e. The number of benzene rings is 2. The Hall–Kier alpha value is -2.07. The molecule has 1 heterocycles. The van der Waals surface area contributed by atoms with Crippen molar-refractivity contribution in [2.45, 2.75) is 6.42 Å². The molecule has 0 unspecified atom stereocenters. The molecule has 0 atom stereocenters. The second-order valence-electron chi connectivity index (χ2n) is 4.60. The smallest absolute Gasteiger partial charge is 0.258 e. The number of rotatable bonds is 2. The van der Waals surface area contributed by atoms with Crippen LogP contribution in [0.2, 0.25) is 5.02 Å². The Morgan fingerprint density at radius 3 is 3.00 bits per heavy atom.